The van der Waals surface area contributed by atoms with E-state index in [0.29, 0.717) is 43.8 Å². The Labute approximate surface area is 168 Å². The van der Waals surface area contributed by atoms with Crippen LogP contribution in [0.15, 0.2) is 36.4 Å². The molecule has 3 aromatic rings. The molecule has 0 unspecified atom stereocenters. The van der Waals surface area contributed by atoms with E-state index in [1.165, 1.54) is 0 Å². The molecule has 0 spiro atoms. The van der Waals surface area contributed by atoms with Crippen LogP contribution in [0, 0.1) is 13.8 Å². The smallest absolute Gasteiger partial charge is 0.254 e. The van der Waals surface area contributed by atoms with Crippen molar-refractivity contribution in [2.24, 2.45) is 0 Å². The maximum atomic E-state index is 12.8. The first-order chi connectivity index (χ1) is 14.0. The Bertz CT molecular complexity index is 1030. The normalized spacial score (nSPS) is 14.9. The van der Waals surface area contributed by atoms with Crippen molar-refractivity contribution < 1.29 is 9.59 Å². The summed E-state index contributed by atoms with van der Waals surface area (Å²) < 4.78 is 0. The number of benzene rings is 2. The molecule has 8 nitrogen and oxygen atoms in total. The Morgan fingerprint density at radius 3 is 2.41 bits per heavy atom. The zero-order chi connectivity index (χ0) is 20.4. The minimum Gasteiger partial charge on any atom is -0.336 e. The van der Waals surface area contributed by atoms with E-state index >= 15 is 0 Å². The molecule has 8 heteroatoms. The van der Waals surface area contributed by atoms with Gasteiger partial charge in [-0.25, -0.2) is 0 Å². The molecule has 2 amide bonds. The molecule has 1 saturated heterocycles. The highest BCUT2D eigenvalue weighted by molar-refractivity contribution is 5.97. The lowest BCUT2D eigenvalue weighted by Gasteiger charge is -2.34. The van der Waals surface area contributed by atoms with Crippen molar-refractivity contribution in [2.75, 3.05) is 38.0 Å². The standard InChI is InChI=1S/C21H24N6O2/c1-14-4-3-5-15(2)20(14)22-19(28)13-26-8-10-27(11-9-26)21(29)16-6-7-17-18(12-16)24-25-23-17/h3-7,12H,8-11,13H2,1-2H3,(H,22,28)(H,23,24,25). The van der Waals surface area contributed by atoms with Gasteiger partial charge < -0.3 is 10.2 Å². The van der Waals surface area contributed by atoms with Crippen molar-refractivity contribution in [1.82, 2.24) is 25.2 Å². The number of hydrogen-bond donors (Lipinski definition) is 2. The highest BCUT2D eigenvalue weighted by Crippen LogP contribution is 2.19. The van der Waals surface area contributed by atoms with Crippen molar-refractivity contribution in [1.29, 1.82) is 0 Å². The Balaban J connectivity index is 1.32. The number of hydrogen-bond acceptors (Lipinski definition) is 5. The third-order valence-electron chi connectivity index (χ3n) is 5.34. The van der Waals surface area contributed by atoms with Crippen molar-refractivity contribution in [2.45, 2.75) is 13.8 Å². The summed E-state index contributed by atoms with van der Waals surface area (Å²) in [6.07, 6.45) is 0. The number of aryl methyl sites for hydroxylation is 2. The van der Waals surface area contributed by atoms with Gasteiger partial charge in [0.2, 0.25) is 5.91 Å². The molecule has 1 aliphatic heterocycles. The average Bonchev–Trinajstić information content (AvgIpc) is 3.19. The van der Waals surface area contributed by atoms with Crippen molar-refractivity contribution in [3.05, 3.63) is 53.1 Å². The van der Waals surface area contributed by atoms with Crippen LogP contribution in [-0.2, 0) is 4.79 Å². The van der Waals surface area contributed by atoms with Crippen LogP contribution in [0.25, 0.3) is 11.0 Å². The lowest BCUT2D eigenvalue weighted by molar-refractivity contribution is -0.117. The molecule has 1 aromatic heterocycles. The second kappa shape index (κ2) is 8.00. The number of fused-ring (bicyclic) bond motifs is 1. The van der Waals surface area contributed by atoms with Gasteiger partial charge in [-0.15, -0.1) is 0 Å². The van der Waals surface area contributed by atoms with E-state index in [9.17, 15) is 9.59 Å². The Morgan fingerprint density at radius 1 is 1.00 bits per heavy atom. The van der Waals surface area contributed by atoms with Gasteiger partial charge in [0.25, 0.3) is 5.91 Å². The van der Waals surface area contributed by atoms with Crippen LogP contribution in [0.2, 0.25) is 0 Å². The van der Waals surface area contributed by atoms with Gasteiger partial charge in [-0.2, -0.15) is 15.4 Å². The Kier molecular flexibility index (Phi) is 5.26. The number of para-hydroxylation sites is 1. The van der Waals surface area contributed by atoms with Gasteiger partial charge in [-0.1, -0.05) is 18.2 Å². The zero-order valence-electron chi connectivity index (χ0n) is 16.6. The first kappa shape index (κ1) is 19.1. The number of carbonyl (C=O) groups is 2. The maximum absolute atomic E-state index is 12.8. The van der Waals surface area contributed by atoms with Crippen LogP contribution < -0.4 is 5.32 Å². The molecule has 2 heterocycles. The molecular weight excluding hydrogens is 368 g/mol. The molecule has 29 heavy (non-hydrogen) atoms. The Hall–Kier alpha value is -3.26. The van der Waals surface area contributed by atoms with Gasteiger partial charge in [0.05, 0.1) is 6.54 Å². The van der Waals surface area contributed by atoms with Crippen LogP contribution in [0.3, 0.4) is 0 Å². The third kappa shape index (κ3) is 4.12. The number of aromatic nitrogens is 3. The van der Waals surface area contributed by atoms with Crippen molar-refractivity contribution >= 4 is 28.5 Å². The molecule has 1 fully saturated rings. The largest absolute Gasteiger partial charge is 0.336 e. The van der Waals surface area contributed by atoms with Crippen molar-refractivity contribution in [3.8, 4) is 0 Å². The number of carbonyl (C=O) groups excluding carboxylic acids is 2. The summed E-state index contributed by atoms with van der Waals surface area (Å²) in [7, 11) is 0. The van der Waals surface area contributed by atoms with Gasteiger partial charge in [0.15, 0.2) is 0 Å². The number of piperazine rings is 1. The lowest BCUT2D eigenvalue weighted by atomic mass is 10.1. The fourth-order valence-corrected chi connectivity index (χ4v) is 3.66. The number of anilines is 1. The minimum absolute atomic E-state index is 0.0189. The van der Waals surface area contributed by atoms with Gasteiger partial charge in [0.1, 0.15) is 11.0 Å². The van der Waals surface area contributed by atoms with Crippen LogP contribution in [0.4, 0.5) is 5.69 Å². The van der Waals surface area contributed by atoms with Gasteiger partial charge in [-0.3, -0.25) is 14.5 Å². The second-order valence-electron chi connectivity index (χ2n) is 7.41. The quantitative estimate of drug-likeness (QED) is 0.708. The van der Waals surface area contributed by atoms with E-state index in [1.807, 2.05) is 36.9 Å². The molecule has 1 aliphatic rings. The number of aromatic amines is 1. The van der Waals surface area contributed by atoms with E-state index in [0.717, 1.165) is 22.3 Å². The number of amides is 2. The summed E-state index contributed by atoms with van der Waals surface area (Å²) in [6.45, 7) is 6.81. The summed E-state index contributed by atoms with van der Waals surface area (Å²) in [4.78, 5) is 29.1. The van der Waals surface area contributed by atoms with E-state index in [4.69, 9.17) is 0 Å². The van der Waals surface area contributed by atoms with Crippen LogP contribution in [-0.4, -0.2) is 69.7 Å². The SMILES string of the molecule is Cc1cccc(C)c1NC(=O)CN1CCN(C(=O)c2ccc3n[nH]nc3c2)CC1. The van der Waals surface area contributed by atoms with E-state index < -0.39 is 0 Å². The van der Waals surface area contributed by atoms with E-state index in [1.54, 1.807) is 18.2 Å². The maximum Gasteiger partial charge on any atom is 0.254 e. The van der Waals surface area contributed by atoms with Crippen LogP contribution >= 0.6 is 0 Å². The van der Waals surface area contributed by atoms with Gasteiger partial charge in [-0.05, 0) is 43.2 Å². The number of nitrogens with one attached hydrogen (secondary N) is 2. The summed E-state index contributed by atoms with van der Waals surface area (Å²) in [5.74, 6) is -0.0480. The fourth-order valence-electron chi connectivity index (χ4n) is 3.66. The average molecular weight is 392 g/mol. The summed E-state index contributed by atoms with van der Waals surface area (Å²) >= 11 is 0. The lowest BCUT2D eigenvalue weighted by Crippen LogP contribution is -2.50. The molecule has 0 radical (unpaired) electrons. The highest BCUT2D eigenvalue weighted by Gasteiger charge is 2.24. The van der Waals surface area contributed by atoms with Crippen LogP contribution in [0.1, 0.15) is 21.5 Å². The number of H-pyrrole nitrogens is 1. The zero-order valence-corrected chi connectivity index (χ0v) is 16.6. The molecule has 2 aromatic carbocycles. The van der Waals surface area contributed by atoms with E-state index in [-0.39, 0.29) is 11.8 Å². The minimum atomic E-state index is -0.0290. The first-order valence-corrected chi connectivity index (χ1v) is 9.69. The molecule has 2 N–H and O–H groups in total. The predicted octanol–water partition coefficient (Wildman–Crippen LogP) is 1.97. The second-order valence-corrected chi connectivity index (χ2v) is 7.41. The molecular formula is C21H24N6O2. The fraction of sp³-hybridized carbons (Fsp3) is 0.333. The van der Waals surface area contributed by atoms with Gasteiger partial charge in [0, 0.05) is 37.4 Å². The molecule has 150 valence electrons. The molecule has 4 rings (SSSR count). The number of nitrogens with zero attached hydrogens (tertiary/aromatic N) is 4. The number of rotatable bonds is 4. The van der Waals surface area contributed by atoms with Crippen molar-refractivity contribution in [3.63, 3.8) is 0 Å². The summed E-state index contributed by atoms with van der Waals surface area (Å²) in [6, 6.07) is 11.3. The first-order valence-electron chi connectivity index (χ1n) is 9.69. The Morgan fingerprint density at radius 2 is 1.69 bits per heavy atom. The van der Waals surface area contributed by atoms with E-state index in [2.05, 4.69) is 25.6 Å². The molecule has 0 bridgehead atoms. The monoisotopic (exact) mass is 392 g/mol. The highest BCUT2D eigenvalue weighted by atomic mass is 16.2. The van der Waals surface area contributed by atoms with Crippen LogP contribution in [0.5, 0.6) is 0 Å². The predicted molar refractivity (Wildman–Crippen MR) is 111 cm³/mol. The molecule has 0 saturated carbocycles. The summed E-state index contributed by atoms with van der Waals surface area (Å²) in [5, 5.41) is 13.6. The van der Waals surface area contributed by atoms with Gasteiger partial charge >= 0.3 is 0 Å². The topological polar surface area (TPSA) is 94.2 Å². The third-order valence-corrected chi connectivity index (χ3v) is 5.34. The summed E-state index contributed by atoms with van der Waals surface area (Å²) in [5.41, 5.74) is 5.01. The molecule has 0 atom stereocenters. The molecule has 0 aliphatic carbocycles.